The predicted octanol–water partition coefficient (Wildman–Crippen LogP) is 2.83. The van der Waals surface area contributed by atoms with Crippen LogP contribution in [0.5, 0.6) is 0 Å². The maximum atomic E-state index is 12.2. The summed E-state index contributed by atoms with van der Waals surface area (Å²) >= 11 is 0. The van der Waals surface area contributed by atoms with Crippen LogP contribution in [0.1, 0.15) is 29.3 Å². The number of nitrogens with zero attached hydrogens (tertiary/aromatic N) is 1. The van der Waals surface area contributed by atoms with Crippen LogP contribution in [0.4, 0.5) is 0 Å². The van der Waals surface area contributed by atoms with Gasteiger partial charge in [-0.3, -0.25) is 9.78 Å². The molecule has 1 N–H and O–H groups in total. The number of carbonyl (C=O) groups excluding carboxylic acids is 1. The minimum absolute atomic E-state index is 0.0101. The summed E-state index contributed by atoms with van der Waals surface area (Å²) in [5.41, 5.74) is 3.24. The topological polar surface area (TPSA) is 51.2 Å². The van der Waals surface area contributed by atoms with E-state index in [2.05, 4.69) is 29.4 Å². The third-order valence-electron chi connectivity index (χ3n) is 3.60. The number of hydrogen-bond acceptors (Lipinski definition) is 3. The van der Waals surface area contributed by atoms with Gasteiger partial charge in [-0.1, -0.05) is 30.3 Å². The molecule has 1 heterocycles. The predicted molar refractivity (Wildman–Crippen MR) is 86.5 cm³/mol. The third-order valence-corrected chi connectivity index (χ3v) is 3.60. The molecular formula is C18H22N2O2. The fraction of sp³-hybridized carbons (Fsp3) is 0.333. The molecule has 1 aromatic heterocycles. The second-order valence-electron chi connectivity index (χ2n) is 5.26. The van der Waals surface area contributed by atoms with Gasteiger partial charge < -0.3 is 10.1 Å². The van der Waals surface area contributed by atoms with Crippen molar-refractivity contribution < 1.29 is 9.53 Å². The van der Waals surface area contributed by atoms with Crippen LogP contribution in [-0.2, 0) is 16.0 Å². The highest BCUT2D eigenvalue weighted by molar-refractivity contribution is 5.76. The van der Waals surface area contributed by atoms with Crippen molar-refractivity contribution in [2.24, 2.45) is 0 Å². The number of amides is 1. The zero-order chi connectivity index (χ0) is 15.8. The SMILES string of the molecule is COC[C@@H](NC(=O)CCc1ccccc1C)c1ccccn1. The number of carbonyl (C=O) groups is 1. The summed E-state index contributed by atoms with van der Waals surface area (Å²) in [6, 6.07) is 13.6. The average Bonchev–Trinajstić information content (AvgIpc) is 2.54. The maximum Gasteiger partial charge on any atom is 0.220 e. The lowest BCUT2D eigenvalue weighted by Gasteiger charge is -2.17. The minimum Gasteiger partial charge on any atom is -0.382 e. The zero-order valence-electron chi connectivity index (χ0n) is 13.1. The molecule has 0 aliphatic heterocycles. The van der Waals surface area contributed by atoms with E-state index >= 15 is 0 Å². The monoisotopic (exact) mass is 298 g/mol. The van der Waals surface area contributed by atoms with E-state index in [4.69, 9.17) is 4.74 Å². The molecule has 4 heteroatoms. The highest BCUT2D eigenvalue weighted by Crippen LogP contribution is 2.12. The van der Waals surface area contributed by atoms with E-state index in [1.165, 1.54) is 11.1 Å². The molecule has 0 bridgehead atoms. The molecule has 22 heavy (non-hydrogen) atoms. The van der Waals surface area contributed by atoms with Crippen molar-refractivity contribution in [3.05, 3.63) is 65.5 Å². The van der Waals surface area contributed by atoms with E-state index in [0.717, 1.165) is 12.1 Å². The van der Waals surface area contributed by atoms with Crippen molar-refractivity contribution >= 4 is 5.91 Å². The Hall–Kier alpha value is -2.20. The summed E-state index contributed by atoms with van der Waals surface area (Å²) < 4.78 is 5.19. The van der Waals surface area contributed by atoms with Gasteiger partial charge in [0.05, 0.1) is 18.3 Å². The lowest BCUT2D eigenvalue weighted by atomic mass is 10.0. The largest absolute Gasteiger partial charge is 0.382 e. The summed E-state index contributed by atoms with van der Waals surface area (Å²) in [7, 11) is 1.62. The molecule has 0 spiro atoms. The molecule has 0 fully saturated rings. The number of nitrogens with one attached hydrogen (secondary N) is 1. The standard InChI is InChI=1S/C18H22N2O2/c1-14-7-3-4-8-15(14)10-11-18(21)20-17(13-22-2)16-9-5-6-12-19-16/h3-9,12,17H,10-11,13H2,1-2H3,(H,20,21)/t17-/m1/s1. The Labute approximate surface area is 131 Å². The number of aromatic nitrogens is 1. The van der Waals surface area contributed by atoms with Crippen molar-refractivity contribution in [1.82, 2.24) is 10.3 Å². The smallest absolute Gasteiger partial charge is 0.220 e. The van der Waals surface area contributed by atoms with Crippen LogP contribution in [0.25, 0.3) is 0 Å². The lowest BCUT2D eigenvalue weighted by molar-refractivity contribution is -0.122. The number of aryl methyl sites for hydroxylation is 2. The first-order chi connectivity index (χ1) is 10.7. The number of rotatable bonds is 7. The van der Waals surface area contributed by atoms with E-state index in [1.54, 1.807) is 13.3 Å². The molecule has 1 atom stereocenters. The van der Waals surface area contributed by atoms with Crippen LogP contribution in [-0.4, -0.2) is 24.6 Å². The summed E-state index contributed by atoms with van der Waals surface area (Å²) in [5.74, 6) is 0.0101. The van der Waals surface area contributed by atoms with E-state index < -0.39 is 0 Å². The van der Waals surface area contributed by atoms with Gasteiger partial charge in [0, 0.05) is 19.7 Å². The van der Waals surface area contributed by atoms with Gasteiger partial charge in [0.2, 0.25) is 5.91 Å². The molecule has 2 rings (SSSR count). The van der Waals surface area contributed by atoms with Crippen LogP contribution in [0.3, 0.4) is 0 Å². The molecule has 0 aliphatic rings. The third kappa shape index (κ3) is 4.67. The molecule has 0 aliphatic carbocycles. The highest BCUT2D eigenvalue weighted by Gasteiger charge is 2.15. The van der Waals surface area contributed by atoms with Gasteiger partial charge in [0.15, 0.2) is 0 Å². The minimum atomic E-state index is -0.212. The van der Waals surface area contributed by atoms with Gasteiger partial charge in [-0.2, -0.15) is 0 Å². The second kappa shape index (κ2) is 8.29. The maximum absolute atomic E-state index is 12.2. The molecule has 4 nitrogen and oxygen atoms in total. The van der Waals surface area contributed by atoms with Gasteiger partial charge in [-0.25, -0.2) is 0 Å². The Morgan fingerprint density at radius 2 is 2.00 bits per heavy atom. The molecule has 0 saturated heterocycles. The fourth-order valence-electron chi connectivity index (χ4n) is 2.36. The van der Waals surface area contributed by atoms with Gasteiger partial charge >= 0.3 is 0 Å². The van der Waals surface area contributed by atoms with Gasteiger partial charge in [0.1, 0.15) is 0 Å². The van der Waals surface area contributed by atoms with Crippen LogP contribution < -0.4 is 5.32 Å². The Morgan fingerprint density at radius 3 is 2.68 bits per heavy atom. The first kappa shape index (κ1) is 16.2. The van der Waals surface area contributed by atoms with Crippen molar-refractivity contribution in [3.63, 3.8) is 0 Å². The van der Waals surface area contributed by atoms with Crippen LogP contribution in [0, 0.1) is 6.92 Å². The zero-order valence-corrected chi connectivity index (χ0v) is 13.1. The van der Waals surface area contributed by atoms with Crippen LogP contribution in [0.2, 0.25) is 0 Å². The fourth-order valence-corrected chi connectivity index (χ4v) is 2.36. The molecule has 0 saturated carbocycles. The van der Waals surface area contributed by atoms with E-state index in [0.29, 0.717) is 13.0 Å². The summed E-state index contributed by atoms with van der Waals surface area (Å²) in [6.45, 7) is 2.47. The Bertz CT molecular complexity index is 599. The van der Waals surface area contributed by atoms with Gasteiger partial charge in [-0.15, -0.1) is 0 Å². The van der Waals surface area contributed by atoms with Gasteiger partial charge in [-0.05, 0) is 36.6 Å². The average molecular weight is 298 g/mol. The summed E-state index contributed by atoms with van der Waals surface area (Å²) in [6.07, 6.45) is 2.91. The molecule has 116 valence electrons. The van der Waals surface area contributed by atoms with Gasteiger partial charge in [0.25, 0.3) is 0 Å². The Morgan fingerprint density at radius 1 is 1.23 bits per heavy atom. The normalized spacial score (nSPS) is 11.9. The molecule has 1 amide bonds. The lowest BCUT2D eigenvalue weighted by Crippen LogP contribution is -2.32. The van der Waals surface area contributed by atoms with Crippen LogP contribution >= 0.6 is 0 Å². The first-order valence-corrected chi connectivity index (χ1v) is 7.44. The number of methoxy groups -OCH3 is 1. The molecule has 0 radical (unpaired) electrons. The highest BCUT2D eigenvalue weighted by atomic mass is 16.5. The molecule has 2 aromatic rings. The Balaban J connectivity index is 1.93. The van der Waals surface area contributed by atoms with E-state index in [-0.39, 0.29) is 11.9 Å². The summed E-state index contributed by atoms with van der Waals surface area (Å²) in [4.78, 5) is 16.5. The van der Waals surface area contributed by atoms with E-state index in [9.17, 15) is 4.79 Å². The molecular weight excluding hydrogens is 276 g/mol. The van der Waals surface area contributed by atoms with Crippen molar-refractivity contribution in [2.45, 2.75) is 25.8 Å². The number of benzene rings is 1. The Kier molecular flexibility index (Phi) is 6.10. The van der Waals surface area contributed by atoms with Crippen molar-refractivity contribution in [1.29, 1.82) is 0 Å². The number of pyridine rings is 1. The van der Waals surface area contributed by atoms with Crippen molar-refractivity contribution in [3.8, 4) is 0 Å². The van der Waals surface area contributed by atoms with Crippen molar-refractivity contribution in [2.75, 3.05) is 13.7 Å². The molecule has 0 unspecified atom stereocenters. The van der Waals surface area contributed by atoms with E-state index in [1.807, 2.05) is 30.3 Å². The summed E-state index contributed by atoms with van der Waals surface area (Å²) in [5, 5.41) is 3.00. The first-order valence-electron chi connectivity index (χ1n) is 7.44. The quantitative estimate of drug-likeness (QED) is 0.855. The molecule has 1 aromatic carbocycles. The number of ether oxygens (including phenoxy) is 1. The second-order valence-corrected chi connectivity index (χ2v) is 5.26. The van der Waals surface area contributed by atoms with Crippen LogP contribution in [0.15, 0.2) is 48.7 Å². The number of hydrogen-bond donors (Lipinski definition) is 1.